The number of halogens is 2. The van der Waals surface area contributed by atoms with Crippen LogP contribution in [0.4, 0.5) is 8.78 Å². The molecule has 2 amide bonds. The van der Waals surface area contributed by atoms with Crippen LogP contribution in [0.2, 0.25) is 0 Å². The Labute approximate surface area is 156 Å². The molecule has 0 bridgehead atoms. The number of hydrogen-bond acceptors (Lipinski definition) is 3. The Morgan fingerprint density at radius 2 is 1.63 bits per heavy atom. The van der Waals surface area contributed by atoms with Crippen molar-refractivity contribution in [1.29, 1.82) is 0 Å². The molecular weight excluding hydrogens is 354 g/mol. The first-order chi connectivity index (χ1) is 13.0. The Morgan fingerprint density at radius 3 is 2.26 bits per heavy atom. The molecule has 2 aromatic rings. The van der Waals surface area contributed by atoms with Gasteiger partial charge in [0.05, 0.1) is 13.5 Å². The molecule has 3 rings (SSSR count). The van der Waals surface area contributed by atoms with Gasteiger partial charge in [-0.05, 0) is 29.8 Å². The standard InChI is InChI=1S/C20H20F2N2O3/c1-27-18-7-6-15(12-17(18)22)20(26)24-10-8-23(9-11-24)19(25)13-14-4-2-3-5-16(14)21/h2-7,12H,8-11,13H2,1H3. The molecule has 0 aromatic heterocycles. The second kappa shape index (κ2) is 8.16. The van der Waals surface area contributed by atoms with E-state index in [4.69, 9.17) is 4.74 Å². The van der Waals surface area contributed by atoms with Gasteiger partial charge in [0, 0.05) is 31.7 Å². The zero-order valence-electron chi connectivity index (χ0n) is 15.0. The van der Waals surface area contributed by atoms with Crippen LogP contribution in [-0.4, -0.2) is 54.9 Å². The highest BCUT2D eigenvalue weighted by atomic mass is 19.1. The van der Waals surface area contributed by atoms with Crippen molar-refractivity contribution in [2.24, 2.45) is 0 Å². The van der Waals surface area contributed by atoms with E-state index in [1.165, 1.54) is 25.3 Å². The van der Waals surface area contributed by atoms with Gasteiger partial charge in [-0.25, -0.2) is 8.78 Å². The van der Waals surface area contributed by atoms with E-state index in [2.05, 4.69) is 0 Å². The van der Waals surface area contributed by atoms with Gasteiger partial charge in [-0.2, -0.15) is 0 Å². The van der Waals surface area contributed by atoms with Gasteiger partial charge in [-0.15, -0.1) is 0 Å². The number of nitrogens with zero attached hydrogens (tertiary/aromatic N) is 2. The van der Waals surface area contributed by atoms with Gasteiger partial charge in [0.15, 0.2) is 11.6 Å². The number of amides is 2. The largest absolute Gasteiger partial charge is 0.494 e. The third-order valence-electron chi connectivity index (χ3n) is 4.62. The minimum atomic E-state index is -0.595. The Hall–Kier alpha value is -2.96. The summed E-state index contributed by atoms with van der Waals surface area (Å²) in [6.45, 7) is 1.40. The molecule has 0 spiro atoms. The molecule has 5 nitrogen and oxygen atoms in total. The first kappa shape index (κ1) is 18.8. The number of methoxy groups -OCH3 is 1. The van der Waals surface area contributed by atoms with Crippen LogP contribution in [0.25, 0.3) is 0 Å². The summed E-state index contributed by atoms with van der Waals surface area (Å²) in [5.74, 6) is -1.39. The van der Waals surface area contributed by atoms with Gasteiger partial charge < -0.3 is 14.5 Å². The van der Waals surface area contributed by atoms with Crippen LogP contribution >= 0.6 is 0 Å². The maximum absolute atomic E-state index is 13.8. The van der Waals surface area contributed by atoms with E-state index in [-0.39, 0.29) is 29.5 Å². The van der Waals surface area contributed by atoms with Crippen molar-refractivity contribution < 1.29 is 23.1 Å². The van der Waals surface area contributed by atoms with E-state index in [1.54, 1.807) is 28.0 Å². The Bertz CT molecular complexity index is 849. The van der Waals surface area contributed by atoms with Gasteiger partial charge in [0.25, 0.3) is 5.91 Å². The smallest absolute Gasteiger partial charge is 0.254 e. The van der Waals surface area contributed by atoms with Crippen LogP contribution in [-0.2, 0) is 11.2 Å². The number of carbonyl (C=O) groups is 2. The first-order valence-corrected chi connectivity index (χ1v) is 8.63. The van der Waals surface area contributed by atoms with Crippen molar-refractivity contribution in [2.75, 3.05) is 33.3 Å². The van der Waals surface area contributed by atoms with Crippen LogP contribution in [0, 0.1) is 11.6 Å². The molecule has 0 radical (unpaired) electrons. The lowest BCUT2D eigenvalue weighted by Gasteiger charge is -2.35. The van der Waals surface area contributed by atoms with E-state index in [0.29, 0.717) is 31.7 Å². The van der Waals surface area contributed by atoms with Crippen LogP contribution in [0.15, 0.2) is 42.5 Å². The second-order valence-corrected chi connectivity index (χ2v) is 6.29. The SMILES string of the molecule is COc1ccc(C(=O)N2CCN(C(=O)Cc3ccccc3F)CC2)cc1F. The molecule has 2 aromatic carbocycles. The van der Waals surface area contributed by atoms with Gasteiger partial charge in [-0.3, -0.25) is 9.59 Å². The van der Waals surface area contributed by atoms with Gasteiger partial charge >= 0.3 is 0 Å². The highest BCUT2D eigenvalue weighted by molar-refractivity contribution is 5.94. The Kier molecular flexibility index (Phi) is 5.69. The highest BCUT2D eigenvalue weighted by Gasteiger charge is 2.25. The van der Waals surface area contributed by atoms with Gasteiger partial charge in [0.2, 0.25) is 5.91 Å². The molecule has 7 heteroatoms. The summed E-state index contributed by atoms with van der Waals surface area (Å²) in [6, 6.07) is 10.3. The van der Waals surface area contributed by atoms with E-state index in [9.17, 15) is 18.4 Å². The minimum absolute atomic E-state index is 0.00961. The fraction of sp³-hybridized carbons (Fsp3) is 0.300. The summed E-state index contributed by atoms with van der Waals surface area (Å²) in [5, 5.41) is 0. The molecule has 0 unspecified atom stereocenters. The number of rotatable bonds is 4. The summed E-state index contributed by atoms with van der Waals surface area (Å²) >= 11 is 0. The van der Waals surface area contributed by atoms with E-state index < -0.39 is 11.6 Å². The Morgan fingerprint density at radius 1 is 0.963 bits per heavy atom. The van der Waals surface area contributed by atoms with Crippen molar-refractivity contribution in [3.05, 3.63) is 65.2 Å². The fourth-order valence-electron chi connectivity index (χ4n) is 3.06. The van der Waals surface area contributed by atoms with E-state index in [1.807, 2.05) is 0 Å². The zero-order valence-corrected chi connectivity index (χ0v) is 15.0. The fourth-order valence-corrected chi connectivity index (χ4v) is 3.06. The predicted molar refractivity (Wildman–Crippen MR) is 95.5 cm³/mol. The molecule has 0 N–H and O–H groups in total. The van der Waals surface area contributed by atoms with E-state index >= 15 is 0 Å². The lowest BCUT2D eigenvalue weighted by molar-refractivity contribution is -0.132. The molecule has 0 atom stereocenters. The second-order valence-electron chi connectivity index (χ2n) is 6.29. The van der Waals surface area contributed by atoms with Gasteiger partial charge in [0.1, 0.15) is 5.82 Å². The molecule has 1 heterocycles. The quantitative estimate of drug-likeness (QED) is 0.826. The first-order valence-electron chi connectivity index (χ1n) is 8.63. The Balaban J connectivity index is 1.58. The van der Waals surface area contributed by atoms with Crippen molar-refractivity contribution in [1.82, 2.24) is 9.80 Å². The predicted octanol–water partition coefficient (Wildman–Crippen LogP) is 2.50. The normalized spacial score (nSPS) is 14.2. The van der Waals surface area contributed by atoms with Crippen LogP contribution in [0.5, 0.6) is 5.75 Å². The highest BCUT2D eigenvalue weighted by Crippen LogP contribution is 2.19. The third-order valence-corrected chi connectivity index (χ3v) is 4.62. The van der Waals surface area contributed by atoms with Gasteiger partial charge in [-0.1, -0.05) is 18.2 Å². The number of piperazine rings is 1. The molecule has 1 aliphatic heterocycles. The molecule has 0 aliphatic carbocycles. The summed E-state index contributed by atoms with van der Waals surface area (Å²) < 4.78 is 32.4. The summed E-state index contributed by atoms with van der Waals surface area (Å²) in [6.07, 6.45) is -0.00961. The molecule has 142 valence electrons. The number of carbonyl (C=O) groups excluding carboxylic acids is 2. The van der Waals surface area contributed by atoms with Crippen molar-refractivity contribution >= 4 is 11.8 Å². The monoisotopic (exact) mass is 374 g/mol. The molecule has 1 saturated heterocycles. The number of hydrogen-bond donors (Lipinski definition) is 0. The van der Waals surface area contributed by atoms with Crippen LogP contribution < -0.4 is 4.74 Å². The maximum atomic E-state index is 13.8. The topological polar surface area (TPSA) is 49.9 Å². The zero-order chi connectivity index (χ0) is 19.4. The lowest BCUT2D eigenvalue weighted by atomic mass is 10.1. The maximum Gasteiger partial charge on any atom is 0.254 e. The average molecular weight is 374 g/mol. The average Bonchev–Trinajstić information content (AvgIpc) is 2.69. The molecule has 1 aliphatic rings. The molecular formula is C20H20F2N2O3. The van der Waals surface area contributed by atoms with Crippen molar-refractivity contribution in [2.45, 2.75) is 6.42 Å². The van der Waals surface area contributed by atoms with Crippen molar-refractivity contribution in [3.8, 4) is 5.75 Å². The summed E-state index contributed by atoms with van der Waals surface area (Å²) in [5.41, 5.74) is 0.592. The van der Waals surface area contributed by atoms with E-state index in [0.717, 1.165) is 6.07 Å². The van der Waals surface area contributed by atoms with Crippen molar-refractivity contribution in [3.63, 3.8) is 0 Å². The lowest BCUT2D eigenvalue weighted by Crippen LogP contribution is -2.51. The number of ether oxygens (including phenoxy) is 1. The molecule has 27 heavy (non-hydrogen) atoms. The number of benzene rings is 2. The molecule has 0 saturated carbocycles. The van der Waals surface area contributed by atoms with Crippen LogP contribution in [0.1, 0.15) is 15.9 Å². The van der Waals surface area contributed by atoms with Crippen LogP contribution in [0.3, 0.4) is 0 Å². The third kappa shape index (κ3) is 4.24. The minimum Gasteiger partial charge on any atom is -0.494 e. The summed E-state index contributed by atoms with van der Waals surface area (Å²) in [4.78, 5) is 28.1. The summed E-state index contributed by atoms with van der Waals surface area (Å²) in [7, 11) is 1.36. The molecule has 1 fully saturated rings.